The number of hydrogen-bond acceptors (Lipinski definition) is 27. The van der Waals surface area contributed by atoms with Crippen LogP contribution in [0.25, 0.3) is 33.5 Å². The van der Waals surface area contributed by atoms with Crippen LogP contribution in [-0.2, 0) is 72.0 Å². The van der Waals surface area contributed by atoms with Gasteiger partial charge in [-0.05, 0) is 24.6 Å². The maximum absolute atomic E-state index is 14.2. The molecule has 37 heteroatoms. The molecule has 0 amide bonds. The van der Waals surface area contributed by atoms with Gasteiger partial charge in [-0.15, -0.1) is 0 Å². The third kappa shape index (κ3) is 9.60. The fourth-order valence-corrected chi connectivity index (χ4v) is 11.7. The number of phosphoric ester groups is 2. The van der Waals surface area contributed by atoms with Crippen molar-refractivity contribution in [1.82, 2.24) is 58.6 Å². The molecule has 6 aromatic heterocycles. The summed E-state index contributed by atoms with van der Waals surface area (Å²) in [5.41, 5.74) is 17.6. The molecule has 0 radical (unpaired) electrons. The number of rotatable bonds is 18. The number of hydrogen-bond donors (Lipinski definition) is 8. The molecular formula is C35H46N15O18P3S. The van der Waals surface area contributed by atoms with E-state index in [1.54, 1.807) is 0 Å². The first-order valence-corrected chi connectivity index (χ1v) is 27.1. The van der Waals surface area contributed by atoms with Gasteiger partial charge in [0.1, 0.15) is 90.0 Å². The molecule has 4 saturated heterocycles. The molecule has 11 N–H and O–H groups in total. The molecule has 10 rings (SSSR count). The van der Waals surface area contributed by atoms with Crippen molar-refractivity contribution >= 4 is 85.1 Å². The second-order valence-corrected chi connectivity index (χ2v) is 22.1. The van der Waals surface area contributed by atoms with Crippen molar-refractivity contribution in [3.8, 4) is 0 Å². The van der Waals surface area contributed by atoms with Crippen molar-refractivity contribution in [2.75, 3.05) is 57.8 Å². The summed E-state index contributed by atoms with van der Waals surface area (Å²) in [5.74, 6) is 0.0923. The molecule has 3 unspecified atom stereocenters. The van der Waals surface area contributed by atoms with Crippen molar-refractivity contribution in [3.63, 3.8) is 0 Å². The molecule has 0 aromatic carbocycles. The smallest absolute Gasteiger partial charge is 0.386 e. The fraction of sp³-hybridized carbons (Fsp3) is 0.571. The van der Waals surface area contributed by atoms with Gasteiger partial charge in [-0.3, -0.25) is 31.8 Å². The second-order valence-electron chi connectivity index (χ2n) is 16.7. The van der Waals surface area contributed by atoms with Crippen LogP contribution in [0.5, 0.6) is 0 Å². The van der Waals surface area contributed by atoms with Gasteiger partial charge in [-0.25, -0.2) is 54.0 Å². The molecule has 6 aromatic rings. The van der Waals surface area contributed by atoms with Crippen LogP contribution in [0.4, 0.5) is 17.5 Å². The summed E-state index contributed by atoms with van der Waals surface area (Å²) in [5, 5.41) is 11.6. The van der Waals surface area contributed by atoms with Gasteiger partial charge in [-0.2, -0.15) is 0 Å². The Morgan fingerprint density at radius 2 is 1.11 bits per heavy atom. The first-order valence-electron chi connectivity index (χ1n) is 21.5. The highest BCUT2D eigenvalue weighted by Gasteiger charge is 2.60. The Balaban J connectivity index is 0.897. The summed E-state index contributed by atoms with van der Waals surface area (Å²) in [6.07, 6.45) is -6.78. The molecule has 0 spiro atoms. The number of nitrogens with two attached hydrogens (primary N) is 3. The van der Waals surface area contributed by atoms with Crippen molar-refractivity contribution in [2.45, 2.75) is 86.0 Å². The van der Waals surface area contributed by atoms with Gasteiger partial charge in [0.2, 0.25) is 0 Å². The number of nitrogens with zero attached hydrogens (tertiary/aromatic N) is 12. The first kappa shape index (κ1) is 51.0. The molecule has 4 aliphatic heterocycles. The van der Waals surface area contributed by atoms with Crippen LogP contribution in [0.2, 0.25) is 0 Å². The van der Waals surface area contributed by atoms with Gasteiger partial charge in [0.25, 0.3) is 0 Å². The highest BCUT2D eigenvalue weighted by Crippen LogP contribution is 2.55. The Morgan fingerprint density at radius 1 is 0.667 bits per heavy atom. The number of ether oxygens (including phenoxy) is 6. The van der Waals surface area contributed by atoms with E-state index in [0.717, 1.165) is 12.7 Å². The van der Waals surface area contributed by atoms with Crippen molar-refractivity contribution in [1.29, 1.82) is 0 Å². The van der Waals surface area contributed by atoms with Crippen LogP contribution < -0.4 is 17.2 Å². The number of aromatic nitrogens is 12. The third-order valence-electron chi connectivity index (χ3n) is 12.4. The van der Waals surface area contributed by atoms with Crippen LogP contribution in [0.1, 0.15) is 31.5 Å². The van der Waals surface area contributed by atoms with Crippen molar-refractivity contribution in [3.05, 3.63) is 38.0 Å². The van der Waals surface area contributed by atoms with E-state index >= 15 is 0 Å². The Hall–Kier alpha value is -4.48. The van der Waals surface area contributed by atoms with Gasteiger partial charge in [0.15, 0.2) is 53.1 Å². The average molecular weight is 1090 g/mol. The largest absolute Gasteiger partial charge is 0.472 e. The Bertz CT molecular complexity index is 3120. The lowest BCUT2D eigenvalue weighted by Gasteiger charge is -2.38. The van der Waals surface area contributed by atoms with E-state index in [9.17, 15) is 33.8 Å². The summed E-state index contributed by atoms with van der Waals surface area (Å²) in [7, 11) is -8.06. The number of aliphatic hydroxyl groups is 1. The summed E-state index contributed by atoms with van der Waals surface area (Å²) in [4.78, 5) is 79.9. The summed E-state index contributed by atoms with van der Waals surface area (Å²) < 4.78 is 96.6. The van der Waals surface area contributed by atoms with Gasteiger partial charge in [0, 0.05) is 20.8 Å². The van der Waals surface area contributed by atoms with E-state index in [1.807, 2.05) is 0 Å². The molecular weight excluding hydrogens is 1040 g/mol. The van der Waals surface area contributed by atoms with E-state index in [4.69, 9.17) is 68.2 Å². The SMILES string of the molecule is CO[C@H]1[C@@H](OP(=O)(O)OC[C@]23CCCOC2[C@@H](O)[C@H](n2cnc4c(N)ncnc42)O3)[C@H](n2cnc3c(N)ncnc32)O[C@H]1COP(=O)(O)O[C@@H]1[C@H](OC)[C@@H](COP(O)(O)=S)O[C@H]1n1cnc2c(N)ncnc21. The predicted octanol–water partition coefficient (Wildman–Crippen LogP) is -0.885. The molecule has 4 aliphatic rings. The zero-order valence-corrected chi connectivity index (χ0v) is 40.9. The van der Waals surface area contributed by atoms with E-state index in [-0.39, 0.29) is 64.0 Å². The number of fused-ring (bicyclic) bond motifs is 4. The van der Waals surface area contributed by atoms with Crippen LogP contribution in [0, 0.1) is 0 Å². The quantitative estimate of drug-likeness (QED) is 0.0484. The number of nitrogen functional groups attached to an aromatic ring is 3. The predicted molar refractivity (Wildman–Crippen MR) is 242 cm³/mol. The first-order chi connectivity index (χ1) is 34.3. The zero-order valence-electron chi connectivity index (χ0n) is 37.4. The maximum Gasteiger partial charge on any atom is 0.472 e. The summed E-state index contributed by atoms with van der Waals surface area (Å²) in [6.45, 7) is -6.00. The van der Waals surface area contributed by atoms with E-state index < -0.39 is 115 Å². The highest BCUT2D eigenvalue weighted by atomic mass is 32.5. The lowest BCUT2D eigenvalue weighted by molar-refractivity contribution is -0.165. The standard InChI is InChI=1S/C35H46N15O18P3S/c1-58-21-15(6-61-69(52,53)67-23-22(59-2)16(7-62-71(56,57)72)65-33(23)49-13-46-18-27(37)40-10-43-30(18)49)64-34(50-14-47-19-28(38)41-11-44-31(19)50)24(21)68-70(54,55)63-8-35-4-3-5-60-25(35)20(51)32(66-35)48-12-45-17-26(36)39-9-42-29(17)48/h9-16,20-25,32-34,51H,3-8H2,1-2H3,(H,52,53)(H,54,55)(H2,36,39,42)(H2,37,40,43)(H2,38,41,44)(H2,56,57,72)/t15-,16+,20+,21+,22+,23+,24+,25?,32+,33+,34+,35+/m0/s1. The zero-order chi connectivity index (χ0) is 50.9. The monoisotopic (exact) mass is 1090 g/mol. The number of methoxy groups -OCH3 is 2. The van der Waals surface area contributed by atoms with E-state index in [1.165, 1.54) is 53.2 Å². The third-order valence-corrected chi connectivity index (χ3v) is 15.2. The van der Waals surface area contributed by atoms with Gasteiger partial charge in [0.05, 0.1) is 38.8 Å². The molecule has 390 valence electrons. The molecule has 0 bridgehead atoms. The molecule has 0 aliphatic carbocycles. The Kier molecular flexibility index (Phi) is 13.9. The second kappa shape index (κ2) is 19.7. The summed E-state index contributed by atoms with van der Waals surface area (Å²) in [6, 6.07) is 0. The van der Waals surface area contributed by atoms with Crippen LogP contribution in [0.15, 0.2) is 38.0 Å². The minimum atomic E-state index is -5.27. The van der Waals surface area contributed by atoms with Crippen LogP contribution >= 0.6 is 22.4 Å². The minimum Gasteiger partial charge on any atom is -0.386 e. The Morgan fingerprint density at radius 3 is 1.57 bits per heavy atom. The average Bonchev–Trinajstić information content (AvgIpc) is 4.20. The summed E-state index contributed by atoms with van der Waals surface area (Å²) >= 11 is 4.61. The topological polar surface area (TPSA) is 446 Å². The number of anilines is 3. The van der Waals surface area contributed by atoms with Crippen LogP contribution in [-0.4, -0.2) is 178 Å². The van der Waals surface area contributed by atoms with E-state index in [2.05, 4.69) is 56.7 Å². The highest BCUT2D eigenvalue weighted by molar-refractivity contribution is 8.06. The minimum absolute atomic E-state index is 0.00899. The fourth-order valence-electron chi connectivity index (χ4n) is 9.27. The molecule has 33 nitrogen and oxygen atoms in total. The van der Waals surface area contributed by atoms with Crippen molar-refractivity contribution < 1.29 is 84.9 Å². The molecule has 72 heavy (non-hydrogen) atoms. The number of imidazole rings is 3. The van der Waals surface area contributed by atoms with Gasteiger partial charge in [-0.1, -0.05) is 0 Å². The van der Waals surface area contributed by atoms with Gasteiger partial charge < -0.3 is 74.8 Å². The maximum atomic E-state index is 14.2. The van der Waals surface area contributed by atoms with Crippen LogP contribution in [0.3, 0.4) is 0 Å². The lowest BCUT2D eigenvalue weighted by atomic mass is 9.89. The molecule has 4 fully saturated rings. The Labute approximate surface area is 409 Å². The van der Waals surface area contributed by atoms with Crippen molar-refractivity contribution in [2.24, 2.45) is 0 Å². The molecule has 10 heterocycles. The molecule has 14 atom stereocenters. The number of phosphoric acid groups is 2. The van der Waals surface area contributed by atoms with E-state index in [0.29, 0.717) is 6.42 Å². The normalized spacial score (nSPS) is 31.6. The number of aliphatic hydroxyl groups excluding tert-OH is 1. The lowest BCUT2D eigenvalue weighted by Crippen LogP contribution is -2.51. The molecule has 0 saturated carbocycles. The van der Waals surface area contributed by atoms with Gasteiger partial charge >= 0.3 is 22.4 Å².